The molecular formula is C11H14O3. The van der Waals surface area contributed by atoms with Crippen LogP contribution in [0.15, 0.2) is 12.2 Å². The quantitative estimate of drug-likeness (QED) is 0.412. The SMILES string of the molecule is C=C1C(=O)O[C@H](C#CC)[C@@H]1CCCO. The maximum atomic E-state index is 11.2. The summed E-state index contributed by atoms with van der Waals surface area (Å²) < 4.78 is 5.03. The molecule has 1 N–H and O–H groups in total. The van der Waals surface area contributed by atoms with E-state index < -0.39 is 0 Å². The smallest absolute Gasteiger partial charge is 0.335 e. The molecule has 0 radical (unpaired) electrons. The average Bonchev–Trinajstić information content (AvgIpc) is 2.42. The predicted octanol–water partition coefficient (Wildman–Crippen LogP) is 0.880. The van der Waals surface area contributed by atoms with Crippen LogP contribution in [0.1, 0.15) is 19.8 Å². The second-order valence-electron chi connectivity index (χ2n) is 3.22. The molecule has 0 unspecified atom stereocenters. The van der Waals surface area contributed by atoms with Crippen LogP contribution in [0.25, 0.3) is 0 Å². The lowest BCUT2D eigenvalue weighted by molar-refractivity contribution is -0.137. The summed E-state index contributed by atoms with van der Waals surface area (Å²) in [7, 11) is 0. The van der Waals surface area contributed by atoms with E-state index in [1.54, 1.807) is 6.92 Å². The lowest BCUT2D eigenvalue weighted by Gasteiger charge is -2.10. The lowest BCUT2D eigenvalue weighted by Crippen LogP contribution is -2.14. The van der Waals surface area contributed by atoms with Gasteiger partial charge in [0.25, 0.3) is 0 Å². The first-order valence-corrected chi connectivity index (χ1v) is 4.63. The van der Waals surface area contributed by atoms with Gasteiger partial charge in [-0.3, -0.25) is 0 Å². The van der Waals surface area contributed by atoms with E-state index in [4.69, 9.17) is 9.84 Å². The molecule has 0 amide bonds. The molecular weight excluding hydrogens is 180 g/mol. The zero-order valence-corrected chi connectivity index (χ0v) is 8.25. The van der Waals surface area contributed by atoms with Gasteiger partial charge in [0, 0.05) is 18.1 Å². The molecule has 1 rings (SSSR count). The van der Waals surface area contributed by atoms with Crippen molar-refractivity contribution in [2.45, 2.75) is 25.9 Å². The van der Waals surface area contributed by atoms with Gasteiger partial charge in [0.15, 0.2) is 6.10 Å². The second kappa shape index (κ2) is 4.83. The molecule has 1 fully saturated rings. The van der Waals surface area contributed by atoms with Gasteiger partial charge in [-0.25, -0.2) is 4.79 Å². The second-order valence-corrected chi connectivity index (χ2v) is 3.22. The number of cyclic esters (lactones) is 1. The fourth-order valence-corrected chi connectivity index (χ4v) is 1.52. The van der Waals surface area contributed by atoms with Crippen LogP contribution in [0.2, 0.25) is 0 Å². The summed E-state index contributed by atoms with van der Waals surface area (Å²) in [6, 6.07) is 0. The first kappa shape index (κ1) is 10.8. The molecule has 1 saturated heterocycles. The Labute approximate surface area is 83.8 Å². The van der Waals surface area contributed by atoms with Gasteiger partial charge in [0.2, 0.25) is 0 Å². The highest BCUT2D eigenvalue weighted by molar-refractivity contribution is 5.91. The number of aliphatic hydroxyl groups excluding tert-OH is 1. The van der Waals surface area contributed by atoms with E-state index in [2.05, 4.69) is 18.4 Å². The molecule has 14 heavy (non-hydrogen) atoms. The third-order valence-corrected chi connectivity index (χ3v) is 2.27. The highest BCUT2D eigenvalue weighted by atomic mass is 16.5. The van der Waals surface area contributed by atoms with Crippen LogP contribution in [0.5, 0.6) is 0 Å². The Hall–Kier alpha value is -1.27. The zero-order valence-electron chi connectivity index (χ0n) is 8.25. The molecule has 0 aromatic heterocycles. The van der Waals surface area contributed by atoms with Crippen molar-refractivity contribution in [2.75, 3.05) is 6.61 Å². The molecule has 0 aromatic carbocycles. The number of rotatable bonds is 3. The number of ether oxygens (including phenoxy) is 1. The van der Waals surface area contributed by atoms with Gasteiger partial charge in [0.05, 0.1) is 0 Å². The van der Waals surface area contributed by atoms with Crippen LogP contribution in [0.3, 0.4) is 0 Å². The Morgan fingerprint density at radius 1 is 1.64 bits per heavy atom. The minimum atomic E-state index is -0.369. The minimum Gasteiger partial charge on any atom is -0.445 e. The third-order valence-electron chi connectivity index (χ3n) is 2.27. The van der Waals surface area contributed by atoms with Gasteiger partial charge in [-0.05, 0) is 19.8 Å². The van der Waals surface area contributed by atoms with Gasteiger partial charge in [-0.15, -0.1) is 5.92 Å². The van der Waals surface area contributed by atoms with Crippen molar-refractivity contribution in [2.24, 2.45) is 5.92 Å². The van der Waals surface area contributed by atoms with Crippen molar-refractivity contribution in [3.8, 4) is 11.8 Å². The molecule has 3 nitrogen and oxygen atoms in total. The standard InChI is InChI=1S/C11H14O3/c1-3-5-10-9(6-4-7-12)8(2)11(13)14-10/h9-10,12H,2,4,6-7H2,1H3/t9-,10-/m1/s1. The van der Waals surface area contributed by atoms with Gasteiger partial charge in [-0.1, -0.05) is 12.5 Å². The molecule has 1 aliphatic rings. The number of esters is 1. The topological polar surface area (TPSA) is 46.5 Å². The van der Waals surface area contributed by atoms with Crippen LogP contribution in [0.4, 0.5) is 0 Å². The van der Waals surface area contributed by atoms with Crippen molar-refractivity contribution in [1.29, 1.82) is 0 Å². The highest BCUT2D eigenvalue weighted by Gasteiger charge is 2.36. The molecule has 0 bridgehead atoms. The summed E-state index contributed by atoms with van der Waals surface area (Å²) in [6.45, 7) is 5.50. The first-order chi connectivity index (χ1) is 6.70. The summed E-state index contributed by atoms with van der Waals surface area (Å²) in [6.07, 6.45) is 0.967. The van der Waals surface area contributed by atoms with Crippen molar-refractivity contribution in [1.82, 2.24) is 0 Å². The third kappa shape index (κ3) is 2.15. The maximum Gasteiger partial charge on any atom is 0.335 e. The van der Waals surface area contributed by atoms with Crippen LogP contribution in [-0.4, -0.2) is 23.8 Å². The van der Waals surface area contributed by atoms with E-state index in [1.807, 2.05) is 0 Å². The molecule has 0 spiro atoms. The molecule has 0 saturated carbocycles. The lowest BCUT2D eigenvalue weighted by atomic mass is 9.92. The molecule has 1 aliphatic heterocycles. The van der Waals surface area contributed by atoms with E-state index in [9.17, 15) is 4.79 Å². The Morgan fingerprint density at radius 2 is 2.36 bits per heavy atom. The van der Waals surface area contributed by atoms with Crippen molar-refractivity contribution < 1.29 is 14.6 Å². The fourth-order valence-electron chi connectivity index (χ4n) is 1.52. The molecule has 2 atom stereocenters. The van der Waals surface area contributed by atoms with E-state index >= 15 is 0 Å². The summed E-state index contributed by atoms with van der Waals surface area (Å²) in [5, 5.41) is 8.70. The van der Waals surface area contributed by atoms with E-state index in [1.165, 1.54) is 0 Å². The Bertz CT molecular complexity index is 295. The van der Waals surface area contributed by atoms with Crippen molar-refractivity contribution >= 4 is 5.97 Å². The van der Waals surface area contributed by atoms with Crippen molar-refractivity contribution in [3.05, 3.63) is 12.2 Å². The van der Waals surface area contributed by atoms with Gasteiger partial charge in [0.1, 0.15) is 0 Å². The first-order valence-electron chi connectivity index (χ1n) is 4.63. The van der Waals surface area contributed by atoms with E-state index in [0.717, 1.165) is 0 Å². The maximum absolute atomic E-state index is 11.2. The molecule has 76 valence electrons. The van der Waals surface area contributed by atoms with E-state index in [0.29, 0.717) is 18.4 Å². The Balaban J connectivity index is 2.69. The summed E-state index contributed by atoms with van der Waals surface area (Å²) >= 11 is 0. The monoisotopic (exact) mass is 194 g/mol. The number of carbonyl (C=O) groups is 1. The number of carbonyl (C=O) groups excluding carboxylic acids is 1. The number of hydrogen-bond donors (Lipinski definition) is 1. The minimum absolute atomic E-state index is 0.0536. The molecule has 3 heteroatoms. The van der Waals surface area contributed by atoms with Crippen LogP contribution in [-0.2, 0) is 9.53 Å². The van der Waals surface area contributed by atoms with Gasteiger partial charge < -0.3 is 9.84 Å². The summed E-state index contributed by atoms with van der Waals surface area (Å²) in [4.78, 5) is 11.2. The van der Waals surface area contributed by atoms with Gasteiger partial charge >= 0.3 is 5.97 Å². The number of aliphatic hydroxyl groups is 1. The van der Waals surface area contributed by atoms with Crippen LogP contribution < -0.4 is 0 Å². The molecule has 0 aliphatic carbocycles. The number of hydrogen-bond acceptors (Lipinski definition) is 3. The molecule has 0 aromatic rings. The normalized spacial score (nSPS) is 25.6. The Morgan fingerprint density at radius 3 is 2.93 bits per heavy atom. The average molecular weight is 194 g/mol. The zero-order chi connectivity index (χ0) is 10.6. The fraction of sp³-hybridized carbons (Fsp3) is 0.545. The van der Waals surface area contributed by atoms with E-state index in [-0.39, 0.29) is 24.6 Å². The largest absolute Gasteiger partial charge is 0.445 e. The van der Waals surface area contributed by atoms with Crippen LogP contribution in [0, 0.1) is 17.8 Å². The Kier molecular flexibility index (Phi) is 3.73. The predicted molar refractivity (Wildman–Crippen MR) is 52.3 cm³/mol. The molecule has 1 heterocycles. The summed E-state index contributed by atoms with van der Waals surface area (Å²) in [5.41, 5.74) is 0.478. The van der Waals surface area contributed by atoms with Gasteiger partial charge in [-0.2, -0.15) is 0 Å². The summed E-state index contributed by atoms with van der Waals surface area (Å²) in [5.74, 6) is 5.14. The van der Waals surface area contributed by atoms with Crippen LogP contribution >= 0.6 is 0 Å². The highest BCUT2D eigenvalue weighted by Crippen LogP contribution is 2.29. The van der Waals surface area contributed by atoms with Crippen molar-refractivity contribution in [3.63, 3.8) is 0 Å².